The van der Waals surface area contributed by atoms with E-state index >= 15 is 0 Å². The van der Waals surface area contributed by atoms with Crippen LogP contribution in [-0.4, -0.2) is 11.6 Å². The van der Waals surface area contributed by atoms with Gasteiger partial charge in [0.05, 0.1) is 6.42 Å². The van der Waals surface area contributed by atoms with Crippen molar-refractivity contribution in [3.63, 3.8) is 0 Å². The van der Waals surface area contributed by atoms with Crippen LogP contribution in [0, 0.1) is 0 Å². The molecule has 2 rings (SSSR count). The number of aryl methyl sites for hydroxylation is 2. The number of hydrogen-bond acceptors (Lipinski definition) is 2. The van der Waals surface area contributed by atoms with Gasteiger partial charge in [-0.2, -0.15) is 0 Å². The van der Waals surface area contributed by atoms with Crippen molar-refractivity contribution in [2.24, 2.45) is 0 Å². The van der Waals surface area contributed by atoms with Crippen molar-refractivity contribution in [1.82, 2.24) is 0 Å². The summed E-state index contributed by atoms with van der Waals surface area (Å²) in [6.07, 6.45) is 1.62. The number of benzene rings is 2. The van der Waals surface area contributed by atoms with Gasteiger partial charge in [-0.1, -0.05) is 56.3 Å². The SMILES string of the molecule is CCc1ccc(CC)c(C(=O)CC(=O)c2ccccc2)c1. The van der Waals surface area contributed by atoms with E-state index in [9.17, 15) is 9.59 Å². The minimum atomic E-state index is -0.121. The van der Waals surface area contributed by atoms with E-state index in [1.54, 1.807) is 12.1 Å². The molecule has 0 saturated heterocycles. The van der Waals surface area contributed by atoms with Gasteiger partial charge in [-0.25, -0.2) is 0 Å². The fourth-order valence-electron chi connectivity index (χ4n) is 2.38. The summed E-state index contributed by atoms with van der Waals surface area (Å²) in [5.74, 6) is -0.208. The Morgan fingerprint density at radius 2 is 1.57 bits per heavy atom. The predicted octanol–water partition coefficient (Wildman–Crippen LogP) is 4.27. The first-order valence-corrected chi connectivity index (χ1v) is 7.39. The minimum Gasteiger partial charge on any atom is -0.294 e. The molecule has 2 aromatic rings. The van der Waals surface area contributed by atoms with E-state index in [0.717, 1.165) is 24.0 Å². The molecule has 0 bridgehead atoms. The maximum atomic E-state index is 12.5. The van der Waals surface area contributed by atoms with Crippen molar-refractivity contribution in [1.29, 1.82) is 0 Å². The van der Waals surface area contributed by atoms with Crippen LogP contribution in [0.5, 0.6) is 0 Å². The highest BCUT2D eigenvalue weighted by molar-refractivity contribution is 6.14. The summed E-state index contributed by atoms with van der Waals surface area (Å²) < 4.78 is 0. The van der Waals surface area contributed by atoms with Gasteiger partial charge in [0.15, 0.2) is 11.6 Å². The smallest absolute Gasteiger partial charge is 0.170 e. The molecule has 2 nitrogen and oxygen atoms in total. The van der Waals surface area contributed by atoms with Gasteiger partial charge in [0.1, 0.15) is 0 Å². The molecule has 0 unspecified atom stereocenters. The van der Waals surface area contributed by atoms with Gasteiger partial charge in [0.2, 0.25) is 0 Å². The molecule has 0 aliphatic rings. The van der Waals surface area contributed by atoms with Crippen molar-refractivity contribution < 1.29 is 9.59 Å². The maximum absolute atomic E-state index is 12.5. The summed E-state index contributed by atoms with van der Waals surface area (Å²) in [7, 11) is 0. The molecule has 0 spiro atoms. The Hall–Kier alpha value is -2.22. The van der Waals surface area contributed by atoms with Crippen molar-refractivity contribution >= 4 is 11.6 Å². The number of carbonyl (C=O) groups is 2. The zero-order valence-corrected chi connectivity index (χ0v) is 12.6. The molecule has 21 heavy (non-hydrogen) atoms. The first kappa shape index (κ1) is 15.2. The van der Waals surface area contributed by atoms with Crippen LogP contribution in [0.4, 0.5) is 0 Å². The molecule has 0 fully saturated rings. The number of hydrogen-bond donors (Lipinski definition) is 0. The predicted molar refractivity (Wildman–Crippen MR) is 84.9 cm³/mol. The zero-order chi connectivity index (χ0) is 15.2. The van der Waals surface area contributed by atoms with Crippen molar-refractivity contribution in [3.8, 4) is 0 Å². The molecular weight excluding hydrogens is 260 g/mol. The molecule has 0 aromatic heterocycles. The average Bonchev–Trinajstić information content (AvgIpc) is 2.54. The lowest BCUT2D eigenvalue weighted by Gasteiger charge is -2.09. The van der Waals surface area contributed by atoms with Crippen LogP contribution in [-0.2, 0) is 12.8 Å². The van der Waals surface area contributed by atoms with E-state index in [-0.39, 0.29) is 18.0 Å². The lowest BCUT2D eigenvalue weighted by atomic mass is 9.94. The topological polar surface area (TPSA) is 34.1 Å². The summed E-state index contributed by atoms with van der Waals surface area (Å²) >= 11 is 0. The molecule has 0 aliphatic heterocycles. The summed E-state index contributed by atoms with van der Waals surface area (Å²) in [6.45, 7) is 4.08. The number of carbonyl (C=O) groups excluding carboxylic acids is 2. The monoisotopic (exact) mass is 280 g/mol. The van der Waals surface area contributed by atoms with Crippen LogP contribution in [0.25, 0.3) is 0 Å². The van der Waals surface area contributed by atoms with Crippen molar-refractivity contribution in [2.75, 3.05) is 0 Å². The fourth-order valence-corrected chi connectivity index (χ4v) is 2.38. The summed E-state index contributed by atoms with van der Waals surface area (Å²) in [6, 6.07) is 15.0. The molecule has 2 aromatic carbocycles. The van der Waals surface area contributed by atoms with E-state index < -0.39 is 0 Å². The number of rotatable bonds is 6. The van der Waals surface area contributed by atoms with Gasteiger partial charge in [-0.15, -0.1) is 0 Å². The standard InChI is InChI=1S/C19H20O2/c1-3-14-10-11-15(4-2)17(12-14)19(21)13-18(20)16-8-6-5-7-9-16/h5-12H,3-4,13H2,1-2H3. The minimum absolute atomic E-state index is 0.0653. The first-order valence-electron chi connectivity index (χ1n) is 7.39. The van der Waals surface area contributed by atoms with Crippen LogP contribution in [0.1, 0.15) is 52.1 Å². The van der Waals surface area contributed by atoms with Crippen LogP contribution >= 0.6 is 0 Å². The highest BCUT2D eigenvalue weighted by atomic mass is 16.1. The Bertz CT molecular complexity index is 642. The third kappa shape index (κ3) is 3.66. The number of ketones is 2. The van der Waals surface area contributed by atoms with E-state index in [4.69, 9.17) is 0 Å². The van der Waals surface area contributed by atoms with Gasteiger partial charge in [-0.3, -0.25) is 9.59 Å². The molecule has 0 radical (unpaired) electrons. The lowest BCUT2D eigenvalue weighted by molar-refractivity contribution is 0.0894. The average molecular weight is 280 g/mol. The highest BCUT2D eigenvalue weighted by Crippen LogP contribution is 2.17. The van der Waals surface area contributed by atoms with Crippen LogP contribution in [0.3, 0.4) is 0 Å². The largest absolute Gasteiger partial charge is 0.294 e. The Labute approximate surface area is 125 Å². The Morgan fingerprint density at radius 1 is 0.857 bits per heavy atom. The van der Waals surface area contributed by atoms with E-state index in [0.29, 0.717) is 11.1 Å². The summed E-state index contributed by atoms with van der Waals surface area (Å²) in [5.41, 5.74) is 3.43. The van der Waals surface area contributed by atoms with Gasteiger partial charge in [0, 0.05) is 11.1 Å². The normalized spacial score (nSPS) is 10.4. The Morgan fingerprint density at radius 3 is 2.19 bits per heavy atom. The second-order valence-electron chi connectivity index (χ2n) is 5.09. The lowest BCUT2D eigenvalue weighted by Crippen LogP contribution is -2.11. The Kier molecular flexibility index (Phi) is 5.04. The highest BCUT2D eigenvalue weighted by Gasteiger charge is 2.16. The summed E-state index contributed by atoms with van der Waals surface area (Å²) in [5, 5.41) is 0. The fraction of sp³-hybridized carbons (Fsp3) is 0.263. The maximum Gasteiger partial charge on any atom is 0.170 e. The van der Waals surface area contributed by atoms with Gasteiger partial charge >= 0.3 is 0 Å². The molecule has 0 aliphatic carbocycles. The third-order valence-electron chi connectivity index (χ3n) is 3.68. The molecule has 108 valence electrons. The third-order valence-corrected chi connectivity index (χ3v) is 3.68. The van der Waals surface area contributed by atoms with Crippen molar-refractivity contribution in [3.05, 3.63) is 70.8 Å². The zero-order valence-electron chi connectivity index (χ0n) is 12.6. The van der Waals surface area contributed by atoms with Crippen LogP contribution in [0.15, 0.2) is 48.5 Å². The second-order valence-corrected chi connectivity index (χ2v) is 5.09. The molecule has 2 heteroatoms. The molecule has 0 amide bonds. The molecule has 0 heterocycles. The van der Waals surface area contributed by atoms with Gasteiger partial charge in [0.25, 0.3) is 0 Å². The number of Topliss-reactive ketones (excluding diaryl/α,β-unsaturated/α-hetero) is 2. The quantitative estimate of drug-likeness (QED) is 0.585. The molecular formula is C19H20O2. The van der Waals surface area contributed by atoms with Crippen molar-refractivity contribution in [2.45, 2.75) is 33.1 Å². The van der Waals surface area contributed by atoms with Crippen LogP contribution < -0.4 is 0 Å². The van der Waals surface area contributed by atoms with Gasteiger partial charge in [-0.05, 0) is 30.0 Å². The molecule has 0 N–H and O–H groups in total. The van der Waals surface area contributed by atoms with E-state index in [1.165, 1.54) is 0 Å². The Balaban J connectivity index is 2.22. The van der Waals surface area contributed by atoms with E-state index in [2.05, 4.69) is 13.0 Å². The molecule has 0 saturated carbocycles. The van der Waals surface area contributed by atoms with E-state index in [1.807, 2.05) is 37.3 Å². The molecule has 0 atom stereocenters. The first-order chi connectivity index (χ1) is 10.2. The van der Waals surface area contributed by atoms with Gasteiger partial charge < -0.3 is 0 Å². The summed E-state index contributed by atoms with van der Waals surface area (Å²) in [4.78, 5) is 24.6. The van der Waals surface area contributed by atoms with Crippen LogP contribution in [0.2, 0.25) is 0 Å². The second kappa shape index (κ2) is 6.98.